The van der Waals surface area contributed by atoms with Crippen molar-refractivity contribution in [3.63, 3.8) is 0 Å². The number of likely N-dealkylation sites (N-methyl/N-ethyl adjacent to an activating group) is 1. The van der Waals surface area contributed by atoms with Crippen molar-refractivity contribution in [2.24, 2.45) is 0 Å². The average molecular weight is 415 g/mol. The highest BCUT2D eigenvalue weighted by atomic mass is 32.2. The van der Waals surface area contributed by atoms with E-state index in [-0.39, 0.29) is 17.3 Å². The normalized spacial score (nSPS) is 11.3. The molecule has 27 heavy (non-hydrogen) atoms. The van der Waals surface area contributed by atoms with Crippen LogP contribution in [0.1, 0.15) is 5.56 Å². The molecule has 1 aromatic heterocycles. The SMILES string of the molecule is COc1cc(OC)c(OC)cc1CNC(=O)CN(C)S(=O)(=O)c1cccs1. The second kappa shape index (κ2) is 9.07. The number of thiophene rings is 1. The van der Waals surface area contributed by atoms with E-state index in [1.54, 1.807) is 23.6 Å². The summed E-state index contributed by atoms with van der Waals surface area (Å²) in [7, 11) is 2.23. The summed E-state index contributed by atoms with van der Waals surface area (Å²) in [6.45, 7) is -0.148. The molecule has 10 heteroatoms. The molecule has 1 aromatic carbocycles. The van der Waals surface area contributed by atoms with Gasteiger partial charge < -0.3 is 19.5 Å². The molecule has 0 spiro atoms. The van der Waals surface area contributed by atoms with E-state index in [1.807, 2.05) is 0 Å². The smallest absolute Gasteiger partial charge is 0.252 e. The molecule has 0 saturated carbocycles. The van der Waals surface area contributed by atoms with E-state index in [9.17, 15) is 13.2 Å². The van der Waals surface area contributed by atoms with Gasteiger partial charge in [0.15, 0.2) is 11.5 Å². The molecule has 1 amide bonds. The summed E-state index contributed by atoms with van der Waals surface area (Å²) in [5.74, 6) is 1.09. The monoisotopic (exact) mass is 414 g/mol. The third-order valence-corrected chi connectivity index (χ3v) is 6.96. The van der Waals surface area contributed by atoms with Gasteiger partial charge >= 0.3 is 0 Å². The molecule has 0 aliphatic heterocycles. The van der Waals surface area contributed by atoms with Crippen molar-refractivity contribution in [3.8, 4) is 17.2 Å². The van der Waals surface area contributed by atoms with E-state index in [0.717, 1.165) is 15.6 Å². The first-order valence-corrected chi connectivity index (χ1v) is 10.2. The van der Waals surface area contributed by atoms with Crippen LogP contribution in [0, 0.1) is 0 Å². The van der Waals surface area contributed by atoms with Crippen molar-refractivity contribution in [3.05, 3.63) is 35.2 Å². The van der Waals surface area contributed by atoms with Crippen LogP contribution < -0.4 is 19.5 Å². The maximum absolute atomic E-state index is 12.4. The van der Waals surface area contributed by atoms with E-state index >= 15 is 0 Å². The Balaban J connectivity index is 2.05. The van der Waals surface area contributed by atoms with Crippen molar-refractivity contribution in [2.75, 3.05) is 34.9 Å². The molecule has 0 unspecified atom stereocenters. The summed E-state index contributed by atoms with van der Waals surface area (Å²) in [5.41, 5.74) is 0.673. The molecule has 0 bridgehead atoms. The molecule has 2 aromatic rings. The van der Waals surface area contributed by atoms with E-state index in [1.165, 1.54) is 34.4 Å². The zero-order chi connectivity index (χ0) is 20.0. The van der Waals surface area contributed by atoms with Crippen LogP contribution in [0.25, 0.3) is 0 Å². The highest BCUT2D eigenvalue weighted by Gasteiger charge is 2.24. The lowest BCUT2D eigenvalue weighted by Gasteiger charge is -2.17. The third-order valence-electron chi connectivity index (χ3n) is 3.79. The van der Waals surface area contributed by atoms with Gasteiger partial charge in [-0.1, -0.05) is 6.07 Å². The van der Waals surface area contributed by atoms with Gasteiger partial charge in [0.25, 0.3) is 10.0 Å². The van der Waals surface area contributed by atoms with Gasteiger partial charge in [-0.15, -0.1) is 11.3 Å². The first kappa shape index (κ1) is 21.0. The number of amides is 1. The Morgan fingerprint density at radius 1 is 1.11 bits per heavy atom. The third kappa shape index (κ3) is 4.90. The molecule has 0 saturated heterocycles. The largest absolute Gasteiger partial charge is 0.496 e. The fourth-order valence-corrected chi connectivity index (χ4v) is 4.66. The number of methoxy groups -OCH3 is 3. The van der Waals surface area contributed by atoms with Crippen LogP contribution in [0.5, 0.6) is 17.2 Å². The zero-order valence-electron chi connectivity index (χ0n) is 15.5. The van der Waals surface area contributed by atoms with Gasteiger partial charge in [0, 0.05) is 25.2 Å². The lowest BCUT2D eigenvalue weighted by molar-refractivity contribution is -0.121. The molecule has 1 heterocycles. The number of carbonyl (C=O) groups is 1. The highest BCUT2D eigenvalue weighted by molar-refractivity contribution is 7.91. The predicted octanol–water partition coefficient (Wildman–Crippen LogP) is 1.71. The molecule has 148 valence electrons. The van der Waals surface area contributed by atoms with Gasteiger partial charge in [0.1, 0.15) is 9.96 Å². The number of nitrogens with one attached hydrogen (secondary N) is 1. The van der Waals surface area contributed by atoms with Gasteiger partial charge in [-0.05, 0) is 17.5 Å². The summed E-state index contributed by atoms with van der Waals surface area (Å²) >= 11 is 1.10. The molecule has 8 nitrogen and oxygen atoms in total. The quantitative estimate of drug-likeness (QED) is 0.671. The predicted molar refractivity (Wildman–Crippen MR) is 102 cm³/mol. The molecule has 1 N–H and O–H groups in total. The Morgan fingerprint density at radius 3 is 2.30 bits per heavy atom. The Morgan fingerprint density at radius 2 is 1.74 bits per heavy atom. The maximum atomic E-state index is 12.4. The minimum Gasteiger partial charge on any atom is -0.496 e. The lowest BCUT2D eigenvalue weighted by atomic mass is 10.1. The molecule has 0 atom stereocenters. The van der Waals surface area contributed by atoms with Crippen molar-refractivity contribution < 1.29 is 27.4 Å². The van der Waals surface area contributed by atoms with Crippen molar-refractivity contribution in [1.29, 1.82) is 0 Å². The summed E-state index contributed by atoms with van der Waals surface area (Å²) in [5, 5.41) is 4.36. The zero-order valence-corrected chi connectivity index (χ0v) is 17.1. The Kier molecular flexibility index (Phi) is 7.05. The van der Waals surface area contributed by atoms with Crippen molar-refractivity contribution in [1.82, 2.24) is 9.62 Å². The van der Waals surface area contributed by atoms with Crippen LogP contribution in [0.15, 0.2) is 33.9 Å². The standard InChI is InChI=1S/C17H22N2O6S2/c1-19(27(21,22)17-6-5-7-26-17)11-16(20)18-10-12-8-14(24-3)15(25-4)9-13(12)23-2/h5-9H,10-11H2,1-4H3,(H,18,20). The minimum atomic E-state index is -3.68. The Hall–Kier alpha value is -2.30. The van der Waals surface area contributed by atoms with Gasteiger partial charge in [0.05, 0.1) is 27.9 Å². The van der Waals surface area contributed by atoms with Gasteiger partial charge in [-0.2, -0.15) is 4.31 Å². The van der Waals surface area contributed by atoms with Crippen molar-refractivity contribution >= 4 is 27.3 Å². The van der Waals surface area contributed by atoms with Crippen LogP contribution >= 0.6 is 11.3 Å². The summed E-state index contributed by atoms with van der Waals surface area (Å²) in [6.07, 6.45) is 0. The first-order valence-electron chi connectivity index (χ1n) is 7.89. The number of benzene rings is 1. The van der Waals surface area contributed by atoms with Gasteiger partial charge in [-0.3, -0.25) is 4.79 Å². The van der Waals surface area contributed by atoms with Crippen LogP contribution in [-0.2, 0) is 21.4 Å². The maximum Gasteiger partial charge on any atom is 0.252 e. The van der Waals surface area contributed by atoms with Crippen LogP contribution in [0.2, 0.25) is 0 Å². The second-order valence-electron chi connectivity index (χ2n) is 5.49. The molecule has 2 rings (SSSR count). The highest BCUT2D eigenvalue weighted by Crippen LogP contribution is 2.34. The first-order chi connectivity index (χ1) is 12.8. The number of nitrogens with zero attached hydrogens (tertiary/aromatic N) is 1. The molecule has 0 aliphatic carbocycles. The summed E-state index contributed by atoms with van der Waals surface area (Å²) in [4.78, 5) is 12.2. The molecule has 0 radical (unpaired) electrons. The van der Waals surface area contributed by atoms with Crippen molar-refractivity contribution in [2.45, 2.75) is 10.8 Å². The minimum absolute atomic E-state index is 0.148. The number of carbonyl (C=O) groups excluding carboxylic acids is 1. The number of hydrogen-bond donors (Lipinski definition) is 1. The summed E-state index contributed by atoms with van der Waals surface area (Å²) in [6, 6.07) is 6.51. The van der Waals surface area contributed by atoms with Crippen LogP contribution in [-0.4, -0.2) is 53.6 Å². The number of sulfonamides is 1. The van der Waals surface area contributed by atoms with Crippen LogP contribution in [0.4, 0.5) is 0 Å². The van der Waals surface area contributed by atoms with E-state index in [2.05, 4.69) is 5.32 Å². The van der Waals surface area contributed by atoms with Gasteiger partial charge in [0.2, 0.25) is 5.91 Å². The number of hydrogen-bond acceptors (Lipinski definition) is 7. The molecule has 0 aliphatic rings. The number of rotatable bonds is 9. The fraction of sp³-hybridized carbons (Fsp3) is 0.353. The fourth-order valence-electron chi connectivity index (χ4n) is 2.33. The van der Waals surface area contributed by atoms with Crippen LogP contribution in [0.3, 0.4) is 0 Å². The van der Waals surface area contributed by atoms with E-state index < -0.39 is 15.9 Å². The Labute approximate surface area is 162 Å². The topological polar surface area (TPSA) is 94.2 Å². The lowest BCUT2D eigenvalue weighted by Crippen LogP contribution is -2.37. The molecular formula is C17H22N2O6S2. The summed E-state index contributed by atoms with van der Waals surface area (Å²) < 4.78 is 41.7. The molecule has 0 fully saturated rings. The van der Waals surface area contributed by atoms with E-state index in [4.69, 9.17) is 14.2 Å². The number of ether oxygens (including phenoxy) is 3. The van der Waals surface area contributed by atoms with E-state index in [0.29, 0.717) is 22.8 Å². The molecular weight excluding hydrogens is 392 g/mol. The van der Waals surface area contributed by atoms with Gasteiger partial charge in [-0.25, -0.2) is 8.42 Å². The Bertz CT molecular complexity index is 881. The average Bonchev–Trinajstić information content (AvgIpc) is 3.21. The second-order valence-corrected chi connectivity index (χ2v) is 8.71.